The maximum atomic E-state index is 11.7. The third kappa shape index (κ3) is 5.57. The molecule has 1 amide bonds. The van der Waals surface area contributed by atoms with Crippen LogP contribution in [-0.4, -0.2) is 37.0 Å². The summed E-state index contributed by atoms with van der Waals surface area (Å²) in [5, 5.41) is 0. The van der Waals surface area contributed by atoms with Gasteiger partial charge in [0.1, 0.15) is 24.7 Å². The second-order valence-corrected chi connectivity index (χ2v) is 7.67. The quantitative estimate of drug-likeness (QED) is 0.568. The van der Waals surface area contributed by atoms with Crippen molar-refractivity contribution in [1.29, 1.82) is 0 Å². The SMILES string of the molecule is CC(=O)N1CCN(c2cc(OCc3ccccc3)ccc2OCc2ccccc2)CC1. The molecule has 0 aliphatic carbocycles. The molecule has 0 atom stereocenters. The Labute approximate surface area is 183 Å². The van der Waals surface area contributed by atoms with Crippen LogP contribution >= 0.6 is 0 Å². The van der Waals surface area contributed by atoms with E-state index in [-0.39, 0.29) is 5.91 Å². The monoisotopic (exact) mass is 416 g/mol. The number of nitrogens with zero attached hydrogens (tertiary/aromatic N) is 2. The topological polar surface area (TPSA) is 42.0 Å². The molecule has 0 saturated carbocycles. The third-order valence-electron chi connectivity index (χ3n) is 5.48. The first kappa shape index (κ1) is 20.8. The lowest BCUT2D eigenvalue weighted by Gasteiger charge is -2.36. The Balaban J connectivity index is 1.51. The molecule has 31 heavy (non-hydrogen) atoms. The summed E-state index contributed by atoms with van der Waals surface area (Å²) in [6, 6.07) is 26.3. The molecule has 0 N–H and O–H groups in total. The van der Waals surface area contributed by atoms with E-state index < -0.39 is 0 Å². The maximum absolute atomic E-state index is 11.7. The largest absolute Gasteiger partial charge is 0.489 e. The lowest BCUT2D eigenvalue weighted by molar-refractivity contribution is -0.129. The number of rotatable bonds is 7. The molecule has 5 nitrogen and oxygen atoms in total. The molecule has 5 heteroatoms. The molecule has 3 aromatic rings. The molecular formula is C26H28N2O3. The molecule has 0 radical (unpaired) electrons. The number of ether oxygens (including phenoxy) is 2. The molecule has 0 bridgehead atoms. The molecule has 0 unspecified atom stereocenters. The zero-order chi connectivity index (χ0) is 21.5. The summed E-state index contributed by atoms with van der Waals surface area (Å²) in [5.41, 5.74) is 3.26. The Morgan fingerprint density at radius 2 is 1.35 bits per heavy atom. The highest BCUT2D eigenvalue weighted by atomic mass is 16.5. The van der Waals surface area contributed by atoms with Crippen molar-refractivity contribution in [3.05, 3.63) is 90.0 Å². The molecule has 1 aliphatic heterocycles. The molecule has 0 aromatic heterocycles. The van der Waals surface area contributed by atoms with Crippen molar-refractivity contribution in [3.63, 3.8) is 0 Å². The predicted octanol–water partition coefficient (Wildman–Crippen LogP) is 4.51. The van der Waals surface area contributed by atoms with Crippen molar-refractivity contribution >= 4 is 11.6 Å². The average Bonchev–Trinajstić information content (AvgIpc) is 2.83. The van der Waals surface area contributed by atoms with Crippen LogP contribution in [0.3, 0.4) is 0 Å². The number of piperazine rings is 1. The van der Waals surface area contributed by atoms with Crippen molar-refractivity contribution in [2.45, 2.75) is 20.1 Å². The Bertz CT molecular complexity index is 984. The number of benzene rings is 3. The van der Waals surface area contributed by atoms with E-state index in [0.29, 0.717) is 26.3 Å². The summed E-state index contributed by atoms with van der Waals surface area (Å²) in [7, 11) is 0. The molecule has 1 saturated heterocycles. The molecule has 4 rings (SSSR count). The Morgan fingerprint density at radius 1 is 0.774 bits per heavy atom. The van der Waals surface area contributed by atoms with E-state index in [1.54, 1.807) is 6.92 Å². The molecule has 1 heterocycles. The highest BCUT2D eigenvalue weighted by molar-refractivity contribution is 5.73. The molecule has 1 aliphatic rings. The molecule has 160 valence electrons. The van der Waals surface area contributed by atoms with Crippen LogP contribution in [0.25, 0.3) is 0 Å². The second kappa shape index (κ2) is 10.0. The van der Waals surface area contributed by atoms with Crippen molar-refractivity contribution in [3.8, 4) is 11.5 Å². The fourth-order valence-electron chi connectivity index (χ4n) is 3.69. The Morgan fingerprint density at radius 3 is 1.94 bits per heavy atom. The minimum atomic E-state index is 0.125. The zero-order valence-electron chi connectivity index (χ0n) is 17.9. The van der Waals surface area contributed by atoms with Crippen LogP contribution < -0.4 is 14.4 Å². The van der Waals surface area contributed by atoms with Gasteiger partial charge in [-0.2, -0.15) is 0 Å². The molecular weight excluding hydrogens is 388 g/mol. The number of amides is 1. The maximum Gasteiger partial charge on any atom is 0.219 e. The van der Waals surface area contributed by atoms with Gasteiger partial charge in [-0.3, -0.25) is 4.79 Å². The van der Waals surface area contributed by atoms with Gasteiger partial charge in [-0.05, 0) is 23.3 Å². The van der Waals surface area contributed by atoms with Crippen LogP contribution in [0, 0.1) is 0 Å². The van der Waals surface area contributed by atoms with Crippen molar-refractivity contribution in [2.24, 2.45) is 0 Å². The predicted molar refractivity (Wildman–Crippen MR) is 122 cm³/mol. The van der Waals surface area contributed by atoms with E-state index in [0.717, 1.165) is 41.4 Å². The van der Waals surface area contributed by atoms with Crippen molar-refractivity contribution < 1.29 is 14.3 Å². The van der Waals surface area contributed by atoms with E-state index in [2.05, 4.69) is 29.2 Å². The smallest absolute Gasteiger partial charge is 0.219 e. The first-order chi connectivity index (χ1) is 15.2. The van der Waals surface area contributed by atoms with Crippen LogP contribution in [0.15, 0.2) is 78.9 Å². The van der Waals surface area contributed by atoms with Crippen molar-refractivity contribution in [2.75, 3.05) is 31.1 Å². The van der Waals surface area contributed by atoms with Gasteiger partial charge >= 0.3 is 0 Å². The van der Waals surface area contributed by atoms with Crippen LogP contribution in [0.4, 0.5) is 5.69 Å². The van der Waals surface area contributed by atoms with Gasteiger partial charge in [-0.25, -0.2) is 0 Å². The second-order valence-electron chi connectivity index (χ2n) is 7.67. The van der Waals surface area contributed by atoms with Gasteiger partial charge in [0.25, 0.3) is 0 Å². The highest BCUT2D eigenvalue weighted by Crippen LogP contribution is 2.34. The number of anilines is 1. The minimum Gasteiger partial charge on any atom is -0.489 e. The van der Waals surface area contributed by atoms with E-state index in [4.69, 9.17) is 9.47 Å². The summed E-state index contributed by atoms with van der Waals surface area (Å²) in [6.45, 7) is 5.61. The van der Waals surface area contributed by atoms with Gasteiger partial charge in [-0.1, -0.05) is 60.7 Å². The number of carbonyl (C=O) groups is 1. The molecule has 1 fully saturated rings. The van der Waals surface area contributed by atoms with Crippen molar-refractivity contribution in [1.82, 2.24) is 4.90 Å². The molecule has 0 spiro atoms. The minimum absolute atomic E-state index is 0.125. The fraction of sp³-hybridized carbons (Fsp3) is 0.269. The van der Waals surface area contributed by atoms with Gasteiger partial charge in [0.05, 0.1) is 5.69 Å². The lowest BCUT2D eigenvalue weighted by Crippen LogP contribution is -2.48. The highest BCUT2D eigenvalue weighted by Gasteiger charge is 2.22. The fourth-order valence-corrected chi connectivity index (χ4v) is 3.69. The first-order valence-electron chi connectivity index (χ1n) is 10.7. The first-order valence-corrected chi connectivity index (χ1v) is 10.7. The Hall–Kier alpha value is -3.47. The Kier molecular flexibility index (Phi) is 6.72. The van der Waals surface area contributed by atoms with Gasteiger partial charge in [0.15, 0.2) is 0 Å². The summed E-state index contributed by atoms with van der Waals surface area (Å²) in [4.78, 5) is 15.9. The van der Waals surface area contributed by atoms with Gasteiger partial charge in [0.2, 0.25) is 5.91 Å². The number of hydrogen-bond acceptors (Lipinski definition) is 4. The molecule has 3 aromatic carbocycles. The van der Waals surface area contributed by atoms with Gasteiger partial charge in [-0.15, -0.1) is 0 Å². The summed E-state index contributed by atoms with van der Waals surface area (Å²) < 4.78 is 12.2. The van der Waals surface area contributed by atoms with Gasteiger partial charge in [0, 0.05) is 39.2 Å². The van der Waals surface area contributed by atoms with Crippen LogP contribution in [0.1, 0.15) is 18.1 Å². The van der Waals surface area contributed by atoms with Crippen LogP contribution in [0.5, 0.6) is 11.5 Å². The van der Waals surface area contributed by atoms with E-state index in [9.17, 15) is 4.79 Å². The summed E-state index contributed by atoms with van der Waals surface area (Å²) in [5.74, 6) is 1.76. The van der Waals surface area contributed by atoms with Crippen LogP contribution in [0.2, 0.25) is 0 Å². The number of carbonyl (C=O) groups excluding carboxylic acids is 1. The van der Waals surface area contributed by atoms with E-state index in [1.165, 1.54) is 0 Å². The normalized spacial score (nSPS) is 13.7. The zero-order valence-corrected chi connectivity index (χ0v) is 17.9. The van der Waals surface area contributed by atoms with E-state index in [1.807, 2.05) is 59.5 Å². The van der Waals surface area contributed by atoms with E-state index >= 15 is 0 Å². The third-order valence-corrected chi connectivity index (χ3v) is 5.48. The van der Waals surface area contributed by atoms with Crippen LogP contribution in [-0.2, 0) is 18.0 Å². The standard InChI is InChI=1S/C26H28N2O3/c1-21(29)27-14-16-28(17-15-27)25-18-24(30-19-22-8-4-2-5-9-22)12-13-26(25)31-20-23-10-6-3-7-11-23/h2-13,18H,14-17,19-20H2,1H3. The number of hydrogen-bond donors (Lipinski definition) is 0. The summed E-state index contributed by atoms with van der Waals surface area (Å²) in [6.07, 6.45) is 0. The average molecular weight is 417 g/mol. The summed E-state index contributed by atoms with van der Waals surface area (Å²) >= 11 is 0. The lowest BCUT2D eigenvalue weighted by atomic mass is 10.2. The van der Waals surface area contributed by atoms with Gasteiger partial charge < -0.3 is 19.3 Å².